The standard InChI is InChI=1S/C15H17BrN2O2S/c1-20-12-4-2-11(3-5-12)10-18-15(19)17-9-8-13-6-7-14(16)21-13/h2-7H,8-10H2,1H3,(H2,17,18,19). The van der Waals surface area contributed by atoms with Gasteiger partial charge in [0.1, 0.15) is 5.75 Å². The predicted octanol–water partition coefficient (Wildman–Crippen LogP) is 3.56. The number of carbonyl (C=O) groups is 1. The molecule has 21 heavy (non-hydrogen) atoms. The normalized spacial score (nSPS) is 10.2. The minimum atomic E-state index is -0.151. The van der Waals surface area contributed by atoms with Crippen molar-refractivity contribution in [2.24, 2.45) is 0 Å². The second-order valence-corrected chi connectivity index (χ2v) is 6.96. The summed E-state index contributed by atoms with van der Waals surface area (Å²) >= 11 is 5.11. The van der Waals surface area contributed by atoms with Gasteiger partial charge in [-0.05, 0) is 52.2 Å². The Kier molecular flexibility index (Phi) is 6.07. The highest BCUT2D eigenvalue weighted by molar-refractivity contribution is 9.11. The van der Waals surface area contributed by atoms with Crippen molar-refractivity contribution in [1.82, 2.24) is 10.6 Å². The second-order valence-electron chi connectivity index (χ2n) is 4.41. The highest BCUT2D eigenvalue weighted by atomic mass is 79.9. The van der Waals surface area contributed by atoms with Gasteiger partial charge in [0.15, 0.2) is 0 Å². The molecule has 0 radical (unpaired) electrons. The molecule has 1 heterocycles. The topological polar surface area (TPSA) is 50.4 Å². The molecular weight excluding hydrogens is 352 g/mol. The van der Waals surface area contributed by atoms with Gasteiger partial charge in [0, 0.05) is 18.0 Å². The van der Waals surface area contributed by atoms with Gasteiger partial charge in [-0.1, -0.05) is 12.1 Å². The molecule has 6 heteroatoms. The zero-order valence-electron chi connectivity index (χ0n) is 11.7. The van der Waals surface area contributed by atoms with Gasteiger partial charge in [-0.15, -0.1) is 11.3 Å². The first-order valence-electron chi connectivity index (χ1n) is 6.56. The largest absolute Gasteiger partial charge is 0.497 e. The van der Waals surface area contributed by atoms with Gasteiger partial charge < -0.3 is 15.4 Å². The molecule has 4 nitrogen and oxygen atoms in total. The monoisotopic (exact) mass is 368 g/mol. The number of halogens is 1. The summed E-state index contributed by atoms with van der Waals surface area (Å²) in [6.45, 7) is 1.13. The summed E-state index contributed by atoms with van der Waals surface area (Å²) in [4.78, 5) is 12.9. The maximum absolute atomic E-state index is 11.7. The first-order chi connectivity index (χ1) is 10.2. The SMILES string of the molecule is COc1ccc(CNC(=O)NCCc2ccc(Br)s2)cc1. The van der Waals surface area contributed by atoms with Crippen LogP contribution in [0.1, 0.15) is 10.4 Å². The van der Waals surface area contributed by atoms with Gasteiger partial charge in [-0.3, -0.25) is 0 Å². The van der Waals surface area contributed by atoms with Crippen molar-refractivity contribution < 1.29 is 9.53 Å². The van der Waals surface area contributed by atoms with E-state index in [4.69, 9.17) is 4.74 Å². The average molecular weight is 369 g/mol. The molecule has 0 aliphatic carbocycles. The molecule has 0 aliphatic rings. The fourth-order valence-corrected chi connectivity index (χ4v) is 3.26. The Labute approximate surface area is 136 Å². The van der Waals surface area contributed by atoms with Crippen LogP contribution in [0.15, 0.2) is 40.2 Å². The van der Waals surface area contributed by atoms with Crippen LogP contribution in [-0.4, -0.2) is 19.7 Å². The van der Waals surface area contributed by atoms with Crippen molar-refractivity contribution in [3.63, 3.8) is 0 Å². The Hall–Kier alpha value is -1.53. The number of nitrogens with one attached hydrogen (secondary N) is 2. The van der Waals surface area contributed by atoms with Crippen molar-refractivity contribution in [3.8, 4) is 5.75 Å². The van der Waals surface area contributed by atoms with E-state index in [1.54, 1.807) is 18.4 Å². The maximum atomic E-state index is 11.7. The number of carbonyl (C=O) groups excluding carboxylic acids is 1. The van der Waals surface area contributed by atoms with Gasteiger partial charge in [-0.25, -0.2) is 4.79 Å². The first-order valence-corrected chi connectivity index (χ1v) is 8.17. The van der Waals surface area contributed by atoms with Crippen LogP contribution in [0.2, 0.25) is 0 Å². The van der Waals surface area contributed by atoms with E-state index < -0.39 is 0 Å². The summed E-state index contributed by atoms with van der Waals surface area (Å²) in [5.41, 5.74) is 1.04. The van der Waals surface area contributed by atoms with E-state index in [0.717, 1.165) is 21.5 Å². The Morgan fingerprint density at radius 1 is 1.19 bits per heavy atom. The molecule has 0 atom stereocenters. The van der Waals surface area contributed by atoms with Crippen molar-refractivity contribution in [2.45, 2.75) is 13.0 Å². The lowest BCUT2D eigenvalue weighted by Gasteiger charge is -2.07. The lowest BCUT2D eigenvalue weighted by atomic mass is 10.2. The van der Waals surface area contributed by atoms with Crippen molar-refractivity contribution in [1.29, 1.82) is 0 Å². The Bertz CT molecular complexity index is 584. The summed E-state index contributed by atoms with van der Waals surface area (Å²) in [5.74, 6) is 0.810. The summed E-state index contributed by atoms with van der Waals surface area (Å²) in [6.07, 6.45) is 0.840. The number of hydrogen-bond acceptors (Lipinski definition) is 3. The Morgan fingerprint density at radius 3 is 2.57 bits per heavy atom. The highest BCUT2D eigenvalue weighted by Crippen LogP contribution is 2.22. The van der Waals surface area contributed by atoms with Crippen molar-refractivity contribution >= 4 is 33.3 Å². The molecule has 112 valence electrons. The van der Waals surface area contributed by atoms with Gasteiger partial charge in [0.2, 0.25) is 0 Å². The molecule has 2 rings (SSSR count). The fourth-order valence-electron chi connectivity index (χ4n) is 1.77. The van der Waals surface area contributed by atoms with Crippen LogP contribution in [0.5, 0.6) is 5.75 Å². The van der Waals surface area contributed by atoms with Crippen LogP contribution in [0.4, 0.5) is 4.79 Å². The number of benzene rings is 1. The molecular formula is C15H17BrN2O2S. The molecule has 0 spiro atoms. The Balaban J connectivity index is 1.67. The number of ether oxygens (including phenoxy) is 1. The van der Waals surface area contributed by atoms with Gasteiger partial charge in [0.25, 0.3) is 0 Å². The highest BCUT2D eigenvalue weighted by Gasteiger charge is 2.02. The first kappa shape index (κ1) is 15.9. The maximum Gasteiger partial charge on any atom is 0.315 e. The van der Waals surface area contributed by atoms with Crippen molar-refractivity contribution in [3.05, 3.63) is 50.6 Å². The van der Waals surface area contributed by atoms with Crippen LogP contribution >= 0.6 is 27.3 Å². The van der Waals surface area contributed by atoms with E-state index in [2.05, 4.69) is 32.6 Å². The fraction of sp³-hybridized carbons (Fsp3) is 0.267. The van der Waals surface area contributed by atoms with Crippen LogP contribution in [0.25, 0.3) is 0 Å². The molecule has 0 aliphatic heterocycles. The molecule has 2 N–H and O–H groups in total. The van der Waals surface area contributed by atoms with Gasteiger partial charge >= 0.3 is 6.03 Å². The van der Waals surface area contributed by atoms with Gasteiger partial charge in [0.05, 0.1) is 10.9 Å². The van der Waals surface area contributed by atoms with Crippen molar-refractivity contribution in [2.75, 3.05) is 13.7 Å². The lowest BCUT2D eigenvalue weighted by Crippen LogP contribution is -2.36. The van der Waals surface area contributed by atoms with E-state index >= 15 is 0 Å². The molecule has 0 fully saturated rings. The van der Waals surface area contributed by atoms with E-state index in [9.17, 15) is 4.79 Å². The predicted molar refractivity (Wildman–Crippen MR) is 89.0 cm³/mol. The molecule has 0 bridgehead atoms. The molecule has 0 saturated carbocycles. The quantitative estimate of drug-likeness (QED) is 0.818. The third-order valence-electron chi connectivity index (χ3n) is 2.90. The Morgan fingerprint density at radius 2 is 1.95 bits per heavy atom. The summed E-state index contributed by atoms with van der Waals surface area (Å²) in [6, 6.07) is 11.6. The summed E-state index contributed by atoms with van der Waals surface area (Å²) < 4.78 is 6.20. The number of amides is 2. The molecule has 0 saturated heterocycles. The smallest absolute Gasteiger partial charge is 0.315 e. The molecule has 1 aromatic carbocycles. The average Bonchev–Trinajstić information content (AvgIpc) is 2.91. The minimum absolute atomic E-state index is 0.151. The third kappa shape index (κ3) is 5.40. The molecule has 0 unspecified atom stereocenters. The van der Waals surface area contributed by atoms with Crippen LogP contribution in [0, 0.1) is 0 Å². The van der Waals surface area contributed by atoms with Crippen LogP contribution < -0.4 is 15.4 Å². The lowest BCUT2D eigenvalue weighted by molar-refractivity contribution is 0.240. The zero-order valence-corrected chi connectivity index (χ0v) is 14.1. The van der Waals surface area contributed by atoms with Crippen LogP contribution in [-0.2, 0) is 13.0 Å². The number of rotatable bonds is 6. The number of hydrogen-bond donors (Lipinski definition) is 2. The van der Waals surface area contributed by atoms with E-state index in [0.29, 0.717) is 13.1 Å². The van der Waals surface area contributed by atoms with Crippen LogP contribution in [0.3, 0.4) is 0 Å². The molecule has 2 aromatic rings. The molecule has 2 amide bonds. The minimum Gasteiger partial charge on any atom is -0.497 e. The van der Waals surface area contributed by atoms with E-state index in [-0.39, 0.29) is 6.03 Å². The summed E-state index contributed by atoms with van der Waals surface area (Å²) in [5, 5.41) is 5.68. The van der Waals surface area contributed by atoms with Gasteiger partial charge in [-0.2, -0.15) is 0 Å². The number of urea groups is 1. The van der Waals surface area contributed by atoms with E-state index in [1.165, 1.54) is 4.88 Å². The number of methoxy groups -OCH3 is 1. The zero-order chi connectivity index (χ0) is 15.1. The van der Waals surface area contributed by atoms with E-state index in [1.807, 2.05) is 30.3 Å². The summed E-state index contributed by atoms with van der Waals surface area (Å²) in [7, 11) is 1.63. The third-order valence-corrected chi connectivity index (χ3v) is 4.58. The number of thiophene rings is 1. The molecule has 1 aromatic heterocycles. The second kappa shape index (κ2) is 8.05.